The van der Waals surface area contributed by atoms with E-state index in [0.717, 1.165) is 18.9 Å². The molecule has 4 unspecified atom stereocenters. The highest BCUT2D eigenvalue weighted by atomic mass is 16.5. The van der Waals surface area contributed by atoms with Crippen LogP contribution in [-0.4, -0.2) is 58.6 Å². The first kappa shape index (κ1) is 22.1. The lowest BCUT2D eigenvalue weighted by atomic mass is 9.96. The third-order valence-electron chi connectivity index (χ3n) is 4.66. The number of hydrogen-bond donors (Lipinski definition) is 3. The topological polar surface area (TPSA) is 113 Å². The van der Waals surface area contributed by atoms with E-state index in [1.54, 1.807) is 18.2 Å². The van der Waals surface area contributed by atoms with Gasteiger partial charge in [-0.15, -0.1) is 0 Å². The molecule has 7 heteroatoms. The van der Waals surface area contributed by atoms with Crippen LogP contribution < -0.4 is 4.74 Å². The summed E-state index contributed by atoms with van der Waals surface area (Å²) in [5.41, 5.74) is 0. The number of carbonyl (C=O) groups excluding carboxylic acids is 1. The Morgan fingerprint density at radius 1 is 1.21 bits per heavy atom. The maximum Gasteiger partial charge on any atom is 0.327 e. The summed E-state index contributed by atoms with van der Waals surface area (Å²) in [6.07, 6.45) is 3.06. The van der Waals surface area contributed by atoms with Crippen molar-refractivity contribution in [2.45, 2.75) is 50.4 Å². The predicted molar refractivity (Wildman–Crippen MR) is 102 cm³/mol. The molecule has 154 valence electrons. The van der Waals surface area contributed by atoms with Crippen molar-refractivity contribution in [3.05, 3.63) is 42.5 Å². The van der Waals surface area contributed by atoms with Crippen molar-refractivity contribution in [3.63, 3.8) is 0 Å². The molecule has 0 bridgehead atoms. The molecule has 0 heterocycles. The smallest absolute Gasteiger partial charge is 0.327 e. The molecule has 0 radical (unpaired) electrons. The first-order chi connectivity index (χ1) is 13.5. The normalized spacial score (nSPS) is 23.2. The van der Waals surface area contributed by atoms with Crippen molar-refractivity contribution >= 4 is 11.8 Å². The number of ketones is 1. The summed E-state index contributed by atoms with van der Waals surface area (Å²) in [6.45, 7) is 0.0288. The van der Waals surface area contributed by atoms with E-state index in [0.29, 0.717) is 18.6 Å². The first-order valence-corrected chi connectivity index (χ1v) is 9.55. The Balaban J connectivity index is 1.73. The van der Waals surface area contributed by atoms with Crippen LogP contribution in [0.5, 0.6) is 5.75 Å². The third-order valence-corrected chi connectivity index (χ3v) is 4.66. The second kappa shape index (κ2) is 11.6. The zero-order chi connectivity index (χ0) is 20.4. The second-order valence-corrected chi connectivity index (χ2v) is 6.95. The lowest BCUT2D eigenvalue weighted by Gasteiger charge is -2.23. The van der Waals surface area contributed by atoms with Gasteiger partial charge in [-0.25, -0.2) is 4.79 Å². The van der Waals surface area contributed by atoms with Gasteiger partial charge in [0.15, 0.2) is 0 Å². The van der Waals surface area contributed by atoms with E-state index in [1.807, 2.05) is 18.2 Å². The highest BCUT2D eigenvalue weighted by Gasteiger charge is 2.42. The Morgan fingerprint density at radius 3 is 2.68 bits per heavy atom. The van der Waals surface area contributed by atoms with Gasteiger partial charge in [0.25, 0.3) is 0 Å². The fourth-order valence-electron chi connectivity index (χ4n) is 3.27. The van der Waals surface area contributed by atoms with Crippen LogP contribution in [0.15, 0.2) is 42.5 Å². The van der Waals surface area contributed by atoms with Crippen LogP contribution in [0, 0.1) is 5.92 Å². The molecule has 7 nitrogen and oxygen atoms in total. The largest absolute Gasteiger partial charge is 0.491 e. The summed E-state index contributed by atoms with van der Waals surface area (Å²) in [7, 11) is 0. The monoisotopic (exact) mass is 392 g/mol. The van der Waals surface area contributed by atoms with Gasteiger partial charge in [-0.2, -0.15) is 0 Å². The highest BCUT2D eigenvalue weighted by Crippen LogP contribution is 2.30. The van der Waals surface area contributed by atoms with Gasteiger partial charge in [-0.3, -0.25) is 4.79 Å². The molecular formula is C21H28O7. The molecule has 1 aromatic carbocycles. The number of carboxylic acids is 1. The van der Waals surface area contributed by atoms with Gasteiger partial charge in [-0.05, 0) is 31.4 Å². The number of benzene rings is 1. The van der Waals surface area contributed by atoms with E-state index in [-0.39, 0.29) is 25.4 Å². The first-order valence-electron chi connectivity index (χ1n) is 9.55. The Kier molecular flexibility index (Phi) is 9.13. The predicted octanol–water partition coefficient (Wildman–Crippen LogP) is 1.96. The molecule has 2 rings (SSSR count). The minimum Gasteiger partial charge on any atom is -0.491 e. The molecule has 0 amide bonds. The third kappa shape index (κ3) is 7.42. The summed E-state index contributed by atoms with van der Waals surface area (Å²) in [4.78, 5) is 22.6. The fourth-order valence-corrected chi connectivity index (χ4v) is 3.27. The van der Waals surface area contributed by atoms with Crippen molar-refractivity contribution in [3.8, 4) is 5.75 Å². The number of para-hydroxylation sites is 1. The van der Waals surface area contributed by atoms with E-state index in [9.17, 15) is 19.8 Å². The van der Waals surface area contributed by atoms with Gasteiger partial charge in [0.1, 0.15) is 24.2 Å². The van der Waals surface area contributed by atoms with Crippen LogP contribution in [-0.2, 0) is 14.3 Å². The van der Waals surface area contributed by atoms with Crippen molar-refractivity contribution in [2.75, 3.05) is 13.2 Å². The van der Waals surface area contributed by atoms with Crippen molar-refractivity contribution in [1.82, 2.24) is 0 Å². The molecular weight excluding hydrogens is 364 g/mol. The minimum absolute atomic E-state index is 0.0281. The SMILES string of the molecule is O=C(O)/C=C/CCCCC1C(=O)CC(O)C1OCC(O)COc1ccccc1. The number of aliphatic carboxylic acids is 1. The van der Waals surface area contributed by atoms with Gasteiger partial charge < -0.3 is 24.8 Å². The molecule has 4 atom stereocenters. The maximum atomic E-state index is 12.1. The Labute approximate surface area is 164 Å². The quantitative estimate of drug-likeness (QED) is 0.368. The number of hydrogen-bond acceptors (Lipinski definition) is 6. The lowest BCUT2D eigenvalue weighted by Crippen LogP contribution is -2.34. The number of Topliss-reactive ketones (excluding diaryl/α,β-unsaturated/α-hetero) is 1. The van der Waals surface area contributed by atoms with E-state index >= 15 is 0 Å². The van der Waals surface area contributed by atoms with Crippen LogP contribution in [0.3, 0.4) is 0 Å². The number of rotatable bonds is 12. The van der Waals surface area contributed by atoms with Crippen LogP contribution in [0.2, 0.25) is 0 Å². The van der Waals surface area contributed by atoms with Crippen molar-refractivity contribution in [1.29, 1.82) is 0 Å². The van der Waals surface area contributed by atoms with Gasteiger partial charge in [0.05, 0.1) is 18.8 Å². The van der Waals surface area contributed by atoms with E-state index in [1.165, 1.54) is 0 Å². The number of ether oxygens (including phenoxy) is 2. The van der Waals surface area contributed by atoms with Gasteiger partial charge >= 0.3 is 5.97 Å². The Bertz CT molecular complexity index is 643. The zero-order valence-corrected chi connectivity index (χ0v) is 15.8. The molecule has 0 aliphatic heterocycles. The summed E-state index contributed by atoms with van der Waals surface area (Å²) >= 11 is 0. The average molecular weight is 392 g/mol. The molecule has 28 heavy (non-hydrogen) atoms. The molecule has 0 aromatic heterocycles. The molecule has 1 aliphatic rings. The fraction of sp³-hybridized carbons (Fsp3) is 0.524. The number of aliphatic hydroxyl groups is 2. The van der Waals surface area contributed by atoms with Gasteiger partial charge in [-0.1, -0.05) is 30.7 Å². The van der Waals surface area contributed by atoms with Crippen molar-refractivity contribution < 1.29 is 34.4 Å². The summed E-state index contributed by atoms with van der Waals surface area (Å²) < 4.78 is 11.1. The summed E-state index contributed by atoms with van der Waals surface area (Å²) in [6, 6.07) is 9.11. The molecule has 1 saturated carbocycles. The molecule has 1 fully saturated rings. The zero-order valence-electron chi connectivity index (χ0n) is 15.8. The molecule has 1 aliphatic carbocycles. The van der Waals surface area contributed by atoms with Crippen LogP contribution in [0.1, 0.15) is 32.1 Å². The highest BCUT2D eigenvalue weighted by molar-refractivity contribution is 5.84. The average Bonchev–Trinajstić information content (AvgIpc) is 2.94. The van der Waals surface area contributed by atoms with Gasteiger partial charge in [0, 0.05) is 18.4 Å². The van der Waals surface area contributed by atoms with Crippen LogP contribution in [0.4, 0.5) is 0 Å². The van der Waals surface area contributed by atoms with Crippen molar-refractivity contribution in [2.24, 2.45) is 5.92 Å². The molecule has 1 aromatic rings. The number of carboxylic acid groups (broad SMARTS) is 1. The maximum absolute atomic E-state index is 12.1. The molecule has 3 N–H and O–H groups in total. The Morgan fingerprint density at radius 2 is 1.96 bits per heavy atom. The lowest BCUT2D eigenvalue weighted by molar-refractivity contribution is -0.131. The minimum atomic E-state index is -0.975. The number of unbranched alkanes of at least 4 members (excludes halogenated alkanes) is 2. The molecule has 0 spiro atoms. The van der Waals surface area contributed by atoms with E-state index < -0.39 is 30.2 Å². The summed E-state index contributed by atoms with van der Waals surface area (Å²) in [5, 5.41) is 28.7. The standard InChI is InChI=1S/C21H28O7/c22-15(13-27-16-8-4-3-5-9-16)14-28-21-17(18(23)12-19(21)24)10-6-1-2-7-11-20(25)26/h3-5,7-9,11,15,17,19,21-22,24H,1-2,6,10,12-14H2,(H,25,26)/b11-7+. The van der Waals surface area contributed by atoms with Gasteiger partial charge in [0.2, 0.25) is 0 Å². The van der Waals surface area contributed by atoms with Crippen LogP contribution in [0.25, 0.3) is 0 Å². The number of aliphatic hydroxyl groups excluding tert-OH is 2. The summed E-state index contributed by atoms with van der Waals surface area (Å²) in [5.74, 6) is -0.765. The number of allylic oxidation sites excluding steroid dienone is 1. The molecule has 0 saturated heterocycles. The van der Waals surface area contributed by atoms with Crippen LogP contribution >= 0.6 is 0 Å². The Hall–Kier alpha value is -2.22. The number of carbonyl (C=O) groups is 2. The second-order valence-electron chi connectivity index (χ2n) is 6.95. The van der Waals surface area contributed by atoms with E-state index in [4.69, 9.17) is 14.6 Å². The van der Waals surface area contributed by atoms with E-state index in [2.05, 4.69) is 0 Å².